The summed E-state index contributed by atoms with van der Waals surface area (Å²) >= 11 is 0. The molecule has 0 saturated carbocycles. The molecule has 5 nitrogen and oxygen atoms in total. The summed E-state index contributed by atoms with van der Waals surface area (Å²) in [6.45, 7) is -0.121. The lowest BCUT2D eigenvalue weighted by molar-refractivity contribution is -0.148. The van der Waals surface area contributed by atoms with Crippen LogP contribution >= 0.6 is 0 Å². The molecule has 1 aliphatic rings. The van der Waals surface area contributed by atoms with Crippen molar-refractivity contribution in [1.82, 2.24) is 4.90 Å². The van der Waals surface area contributed by atoms with E-state index >= 15 is 0 Å². The Balaban J connectivity index is 2.01. The molecule has 0 spiro atoms. The first-order valence-corrected chi connectivity index (χ1v) is 7.36. The first kappa shape index (κ1) is 17.2. The van der Waals surface area contributed by atoms with Crippen molar-refractivity contribution in [2.75, 3.05) is 13.7 Å². The average Bonchev–Trinajstić information content (AvgIpc) is 2.59. The fourth-order valence-corrected chi connectivity index (χ4v) is 2.63. The van der Waals surface area contributed by atoms with Gasteiger partial charge in [-0.2, -0.15) is 0 Å². The van der Waals surface area contributed by atoms with Crippen LogP contribution in [0, 0.1) is 5.92 Å². The molecule has 1 aliphatic heterocycles. The van der Waals surface area contributed by atoms with Gasteiger partial charge >= 0.3 is 12.1 Å². The largest absolute Gasteiger partial charge is 0.469 e. The number of halogens is 2. The molecule has 1 heterocycles. The summed E-state index contributed by atoms with van der Waals surface area (Å²) in [7, 11) is 1.24. The highest BCUT2D eigenvalue weighted by molar-refractivity contribution is 5.75. The normalized spacial score (nSPS) is 21.1. The molecule has 1 aromatic carbocycles. The van der Waals surface area contributed by atoms with E-state index in [4.69, 9.17) is 4.74 Å². The van der Waals surface area contributed by atoms with E-state index < -0.39 is 30.4 Å². The van der Waals surface area contributed by atoms with E-state index in [0.717, 1.165) is 10.5 Å². The van der Waals surface area contributed by atoms with Crippen molar-refractivity contribution in [3.8, 4) is 0 Å². The summed E-state index contributed by atoms with van der Waals surface area (Å²) < 4.78 is 36.0. The standard InChI is InChI=1S/C16H19F2NO4/c1-22-15(20)12-7-8-13(14(17)18)19(9-12)16(21)23-10-11-5-3-2-4-6-11/h2-6,12-14H,7-10H2,1H3/t12-,13+/m1/s1. The first-order chi connectivity index (χ1) is 11.0. The van der Waals surface area contributed by atoms with E-state index in [9.17, 15) is 18.4 Å². The van der Waals surface area contributed by atoms with Gasteiger partial charge in [-0.25, -0.2) is 13.6 Å². The van der Waals surface area contributed by atoms with Gasteiger partial charge in [-0.15, -0.1) is 0 Å². The molecule has 7 heteroatoms. The van der Waals surface area contributed by atoms with Gasteiger partial charge in [0.2, 0.25) is 0 Å². The van der Waals surface area contributed by atoms with E-state index in [2.05, 4.69) is 4.74 Å². The zero-order chi connectivity index (χ0) is 16.8. The van der Waals surface area contributed by atoms with E-state index in [0.29, 0.717) is 0 Å². The van der Waals surface area contributed by atoms with Gasteiger partial charge in [-0.05, 0) is 18.4 Å². The number of carbonyl (C=O) groups excluding carboxylic acids is 2. The molecule has 0 aliphatic carbocycles. The summed E-state index contributed by atoms with van der Waals surface area (Å²) in [5.41, 5.74) is 0.760. The van der Waals surface area contributed by atoms with Crippen molar-refractivity contribution in [3.63, 3.8) is 0 Å². The Labute approximate surface area is 133 Å². The molecule has 0 aromatic heterocycles. The molecular weight excluding hydrogens is 308 g/mol. The summed E-state index contributed by atoms with van der Waals surface area (Å²) in [4.78, 5) is 24.7. The van der Waals surface area contributed by atoms with Crippen molar-refractivity contribution in [1.29, 1.82) is 0 Å². The Morgan fingerprint density at radius 3 is 2.57 bits per heavy atom. The zero-order valence-electron chi connectivity index (χ0n) is 12.8. The Morgan fingerprint density at radius 1 is 1.26 bits per heavy atom. The molecule has 1 amide bonds. The molecule has 126 valence electrons. The van der Waals surface area contributed by atoms with Crippen LogP contribution < -0.4 is 0 Å². The Morgan fingerprint density at radius 2 is 1.96 bits per heavy atom. The number of alkyl halides is 2. The topological polar surface area (TPSA) is 55.8 Å². The van der Waals surface area contributed by atoms with E-state index in [1.165, 1.54) is 7.11 Å². The first-order valence-electron chi connectivity index (χ1n) is 7.36. The van der Waals surface area contributed by atoms with Crippen LogP contribution in [0.3, 0.4) is 0 Å². The lowest BCUT2D eigenvalue weighted by Crippen LogP contribution is -2.51. The van der Waals surface area contributed by atoms with Crippen molar-refractivity contribution in [2.45, 2.75) is 31.9 Å². The van der Waals surface area contributed by atoms with E-state index in [-0.39, 0.29) is 26.0 Å². The number of methoxy groups -OCH3 is 1. The second-order valence-electron chi connectivity index (χ2n) is 5.39. The monoisotopic (exact) mass is 327 g/mol. The van der Waals surface area contributed by atoms with E-state index in [1.807, 2.05) is 6.07 Å². The van der Waals surface area contributed by atoms with Gasteiger partial charge in [-0.1, -0.05) is 30.3 Å². The Bertz CT molecular complexity index is 538. The maximum absolute atomic E-state index is 13.1. The van der Waals surface area contributed by atoms with Crippen LogP contribution in [0.1, 0.15) is 18.4 Å². The van der Waals surface area contributed by atoms with Crippen LogP contribution in [0.25, 0.3) is 0 Å². The fraction of sp³-hybridized carbons (Fsp3) is 0.500. The van der Waals surface area contributed by atoms with Crippen molar-refractivity contribution < 1.29 is 27.8 Å². The van der Waals surface area contributed by atoms with E-state index in [1.54, 1.807) is 24.3 Å². The lowest BCUT2D eigenvalue weighted by Gasteiger charge is -2.37. The second-order valence-corrected chi connectivity index (χ2v) is 5.39. The summed E-state index contributed by atoms with van der Waals surface area (Å²) in [6.07, 6.45) is -3.22. The summed E-state index contributed by atoms with van der Waals surface area (Å²) in [5, 5.41) is 0. The highest BCUT2D eigenvalue weighted by Gasteiger charge is 2.40. The van der Waals surface area contributed by atoms with Gasteiger partial charge in [0.1, 0.15) is 6.61 Å². The number of ether oxygens (including phenoxy) is 2. The van der Waals surface area contributed by atoms with Gasteiger partial charge in [0.05, 0.1) is 19.1 Å². The molecular formula is C16H19F2NO4. The predicted molar refractivity (Wildman–Crippen MR) is 77.9 cm³/mol. The summed E-state index contributed by atoms with van der Waals surface area (Å²) in [6, 6.07) is 7.71. The predicted octanol–water partition coefficient (Wildman–Crippen LogP) is 2.84. The van der Waals surface area contributed by atoms with Crippen LogP contribution in [0.2, 0.25) is 0 Å². The maximum atomic E-state index is 13.1. The molecule has 0 N–H and O–H groups in total. The van der Waals surface area contributed by atoms with Gasteiger partial charge in [0.15, 0.2) is 0 Å². The number of amides is 1. The number of likely N-dealkylation sites (tertiary alicyclic amines) is 1. The SMILES string of the molecule is COC(=O)[C@@H]1CC[C@@H](C(F)F)N(C(=O)OCc2ccccc2)C1. The van der Waals surface area contributed by atoms with Crippen LogP contribution in [-0.4, -0.2) is 43.1 Å². The lowest BCUT2D eigenvalue weighted by atomic mass is 9.93. The van der Waals surface area contributed by atoms with Crippen LogP contribution in [0.5, 0.6) is 0 Å². The van der Waals surface area contributed by atoms with Crippen LogP contribution in [-0.2, 0) is 20.9 Å². The molecule has 1 saturated heterocycles. The maximum Gasteiger partial charge on any atom is 0.410 e. The van der Waals surface area contributed by atoms with Gasteiger partial charge in [0, 0.05) is 6.54 Å². The molecule has 2 atom stereocenters. The van der Waals surface area contributed by atoms with Gasteiger partial charge in [0.25, 0.3) is 6.43 Å². The number of hydrogen-bond donors (Lipinski definition) is 0. The molecule has 1 aromatic rings. The van der Waals surface area contributed by atoms with Crippen LogP contribution in [0.4, 0.5) is 13.6 Å². The zero-order valence-corrected chi connectivity index (χ0v) is 12.8. The molecule has 23 heavy (non-hydrogen) atoms. The third-order valence-corrected chi connectivity index (χ3v) is 3.89. The van der Waals surface area contributed by atoms with Gasteiger partial charge in [-0.3, -0.25) is 9.69 Å². The minimum absolute atomic E-state index is 0.00494. The van der Waals surface area contributed by atoms with Crippen molar-refractivity contribution >= 4 is 12.1 Å². The molecule has 0 bridgehead atoms. The molecule has 0 radical (unpaired) electrons. The third-order valence-electron chi connectivity index (χ3n) is 3.89. The number of rotatable bonds is 4. The molecule has 1 fully saturated rings. The Kier molecular flexibility index (Phi) is 5.90. The minimum atomic E-state index is -2.68. The number of esters is 1. The van der Waals surface area contributed by atoms with Gasteiger partial charge < -0.3 is 9.47 Å². The number of piperidine rings is 1. The van der Waals surface area contributed by atoms with Crippen molar-refractivity contribution in [2.24, 2.45) is 5.92 Å². The fourth-order valence-electron chi connectivity index (χ4n) is 2.63. The summed E-state index contributed by atoms with van der Waals surface area (Å²) in [5.74, 6) is -1.10. The Hall–Kier alpha value is -2.18. The number of nitrogens with zero attached hydrogens (tertiary/aromatic N) is 1. The number of benzene rings is 1. The quantitative estimate of drug-likeness (QED) is 0.798. The van der Waals surface area contributed by atoms with Crippen LogP contribution in [0.15, 0.2) is 30.3 Å². The number of hydrogen-bond acceptors (Lipinski definition) is 4. The highest BCUT2D eigenvalue weighted by atomic mass is 19.3. The van der Waals surface area contributed by atoms with Crippen molar-refractivity contribution in [3.05, 3.63) is 35.9 Å². The number of carbonyl (C=O) groups is 2. The molecule has 2 rings (SSSR count). The molecule has 0 unspecified atom stereocenters. The minimum Gasteiger partial charge on any atom is -0.469 e. The second kappa shape index (κ2) is 7.89. The smallest absolute Gasteiger partial charge is 0.410 e. The highest BCUT2D eigenvalue weighted by Crippen LogP contribution is 2.27. The third kappa shape index (κ3) is 4.40. The average molecular weight is 327 g/mol.